The second kappa shape index (κ2) is 11.7. The number of carbonyl (C=O) groups is 3. The molecule has 0 saturated carbocycles. The number of hydrogen-bond acceptors (Lipinski definition) is 3. The Balaban J connectivity index is 2.03. The van der Waals surface area contributed by atoms with Gasteiger partial charge >= 0.3 is 17.9 Å². The predicted molar refractivity (Wildman–Crippen MR) is 138 cm³/mol. The fourth-order valence-corrected chi connectivity index (χ4v) is 4.73. The molecule has 206 valence electrons. The number of benzene rings is 3. The smallest absolute Gasteiger partial charge is 0.338 e. The van der Waals surface area contributed by atoms with Gasteiger partial charge in [-0.1, -0.05) is 39.8 Å². The van der Waals surface area contributed by atoms with Crippen LogP contribution in [0.4, 0.5) is 13.2 Å². The van der Waals surface area contributed by atoms with Crippen molar-refractivity contribution >= 4 is 17.9 Å². The molecule has 0 fully saturated rings. The summed E-state index contributed by atoms with van der Waals surface area (Å²) in [5.41, 5.74) is -0.263. The topological polar surface area (TPSA) is 112 Å². The Morgan fingerprint density at radius 1 is 0.667 bits per heavy atom. The Morgan fingerprint density at radius 3 is 1.82 bits per heavy atom. The summed E-state index contributed by atoms with van der Waals surface area (Å²) in [5, 5.41) is 28.6. The summed E-state index contributed by atoms with van der Waals surface area (Å²) in [7, 11) is 0. The average molecular weight is 543 g/mol. The van der Waals surface area contributed by atoms with Crippen LogP contribution in [0.15, 0.2) is 42.5 Å². The fourth-order valence-electron chi connectivity index (χ4n) is 4.73. The van der Waals surface area contributed by atoms with E-state index >= 15 is 8.78 Å². The average Bonchev–Trinajstić information content (AvgIpc) is 2.84. The van der Waals surface area contributed by atoms with Crippen LogP contribution in [0.5, 0.6) is 0 Å². The van der Waals surface area contributed by atoms with Crippen molar-refractivity contribution in [3.05, 3.63) is 104 Å². The van der Waals surface area contributed by atoms with E-state index in [0.717, 1.165) is 12.1 Å². The number of carboxylic acids is 3. The van der Waals surface area contributed by atoms with E-state index in [0.29, 0.717) is 5.56 Å². The first kappa shape index (κ1) is 29.4. The van der Waals surface area contributed by atoms with Gasteiger partial charge in [-0.25, -0.2) is 27.6 Å². The third-order valence-corrected chi connectivity index (χ3v) is 6.84. The van der Waals surface area contributed by atoms with Gasteiger partial charge in [-0.2, -0.15) is 0 Å². The third kappa shape index (κ3) is 6.47. The quantitative estimate of drug-likeness (QED) is 0.254. The Hall–Kier alpha value is -4.14. The summed E-state index contributed by atoms with van der Waals surface area (Å²) in [5.74, 6) is -7.99. The zero-order valence-electron chi connectivity index (χ0n) is 21.9. The molecular weight excluding hydrogens is 513 g/mol. The molecular formula is C30H29F3O6. The summed E-state index contributed by atoms with van der Waals surface area (Å²) >= 11 is 0. The maximum absolute atomic E-state index is 15.8. The summed E-state index contributed by atoms with van der Waals surface area (Å²) in [4.78, 5) is 35.0. The highest BCUT2D eigenvalue weighted by Crippen LogP contribution is 2.33. The minimum atomic E-state index is -1.46. The van der Waals surface area contributed by atoms with Crippen molar-refractivity contribution < 1.29 is 42.9 Å². The zero-order chi connectivity index (χ0) is 29.2. The lowest BCUT2D eigenvalue weighted by Crippen LogP contribution is -2.14. The van der Waals surface area contributed by atoms with Crippen LogP contribution in [0.1, 0.15) is 104 Å². The van der Waals surface area contributed by atoms with Crippen LogP contribution < -0.4 is 0 Å². The SMILES string of the molecule is CC(C)c1ccc(CC(C)c2cc(C(=O)O)cc(CC(C)c3cc(F)cc(C(=O)O)c3)c2F)c(C(=O)O)c1F. The van der Waals surface area contributed by atoms with Crippen molar-refractivity contribution in [1.29, 1.82) is 0 Å². The fraction of sp³-hybridized carbons (Fsp3) is 0.300. The Bertz CT molecular complexity index is 1450. The third-order valence-electron chi connectivity index (χ3n) is 6.84. The first-order chi connectivity index (χ1) is 18.2. The maximum atomic E-state index is 15.8. The predicted octanol–water partition coefficient (Wildman–Crippen LogP) is 7.01. The van der Waals surface area contributed by atoms with Crippen LogP contribution in [-0.2, 0) is 12.8 Å². The number of halogens is 3. The maximum Gasteiger partial charge on any atom is 0.338 e. The molecule has 39 heavy (non-hydrogen) atoms. The van der Waals surface area contributed by atoms with Gasteiger partial charge in [-0.15, -0.1) is 0 Å². The Morgan fingerprint density at radius 2 is 1.26 bits per heavy atom. The number of aromatic carboxylic acids is 3. The van der Waals surface area contributed by atoms with Gasteiger partial charge in [0.05, 0.1) is 16.7 Å². The highest BCUT2D eigenvalue weighted by Gasteiger charge is 2.25. The first-order valence-electron chi connectivity index (χ1n) is 12.3. The molecule has 0 aromatic heterocycles. The molecule has 0 aliphatic heterocycles. The van der Waals surface area contributed by atoms with Gasteiger partial charge in [-0.3, -0.25) is 0 Å². The number of rotatable bonds is 10. The summed E-state index contributed by atoms with van der Waals surface area (Å²) in [6, 6.07) is 8.61. The molecule has 9 heteroatoms. The van der Waals surface area contributed by atoms with Crippen LogP contribution in [-0.4, -0.2) is 33.2 Å². The summed E-state index contributed by atoms with van der Waals surface area (Å²) in [6.07, 6.45) is -0.134. The first-order valence-corrected chi connectivity index (χ1v) is 12.3. The molecule has 3 rings (SSSR count). The Labute approximate surface area is 223 Å². The standard InChI is InChI=1S/C30H29F3O6/c1-14(2)23-6-5-17(25(27(23)33)30(38)39)8-16(4)24-13-21(29(36)37)10-19(26(24)32)7-15(3)18-9-20(28(34)35)12-22(31)11-18/h5-6,9-16H,7-8H2,1-4H3,(H,34,35)(H,36,37)(H,38,39). The second-order valence-electron chi connectivity index (χ2n) is 10.1. The van der Waals surface area contributed by atoms with Crippen molar-refractivity contribution in [2.75, 3.05) is 0 Å². The van der Waals surface area contributed by atoms with E-state index in [1.807, 2.05) is 0 Å². The number of carboxylic acid groups (broad SMARTS) is 3. The van der Waals surface area contributed by atoms with E-state index in [-0.39, 0.29) is 52.1 Å². The molecule has 6 nitrogen and oxygen atoms in total. The normalized spacial score (nSPS) is 12.8. The van der Waals surface area contributed by atoms with Gasteiger partial charge in [0.15, 0.2) is 0 Å². The lowest BCUT2D eigenvalue weighted by Gasteiger charge is -2.20. The van der Waals surface area contributed by atoms with Crippen LogP contribution in [0.25, 0.3) is 0 Å². The van der Waals surface area contributed by atoms with E-state index in [4.69, 9.17) is 0 Å². The van der Waals surface area contributed by atoms with Crippen molar-refractivity contribution in [2.45, 2.75) is 58.3 Å². The van der Waals surface area contributed by atoms with Gasteiger partial charge in [0, 0.05) is 0 Å². The lowest BCUT2D eigenvalue weighted by atomic mass is 9.85. The van der Waals surface area contributed by atoms with Crippen molar-refractivity contribution in [3.63, 3.8) is 0 Å². The molecule has 0 radical (unpaired) electrons. The molecule has 3 N–H and O–H groups in total. The van der Waals surface area contributed by atoms with E-state index in [1.165, 1.54) is 30.3 Å². The minimum Gasteiger partial charge on any atom is -0.478 e. The van der Waals surface area contributed by atoms with Gasteiger partial charge in [0.1, 0.15) is 17.5 Å². The molecule has 0 bridgehead atoms. The van der Waals surface area contributed by atoms with Crippen molar-refractivity contribution in [3.8, 4) is 0 Å². The van der Waals surface area contributed by atoms with Crippen molar-refractivity contribution in [2.24, 2.45) is 0 Å². The monoisotopic (exact) mass is 542 g/mol. The van der Waals surface area contributed by atoms with Gasteiger partial charge < -0.3 is 15.3 Å². The van der Waals surface area contributed by atoms with Gasteiger partial charge in [0.2, 0.25) is 0 Å². The molecule has 0 heterocycles. The largest absolute Gasteiger partial charge is 0.478 e. The van der Waals surface area contributed by atoms with E-state index in [1.54, 1.807) is 27.7 Å². The highest BCUT2D eigenvalue weighted by atomic mass is 19.1. The molecule has 2 atom stereocenters. The minimum absolute atomic E-state index is 0.00671. The van der Waals surface area contributed by atoms with E-state index in [9.17, 15) is 34.1 Å². The van der Waals surface area contributed by atoms with Crippen LogP contribution in [0, 0.1) is 17.5 Å². The van der Waals surface area contributed by atoms with Crippen LogP contribution in [0.2, 0.25) is 0 Å². The molecule has 2 unspecified atom stereocenters. The van der Waals surface area contributed by atoms with Gasteiger partial charge in [0.25, 0.3) is 0 Å². The molecule has 3 aromatic carbocycles. The van der Waals surface area contributed by atoms with E-state index < -0.39 is 52.8 Å². The van der Waals surface area contributed by atoms with Gasteiger partial charge in [-0.05, 0) is 88.7 Å². The molecule has 0 spiro atoms. The van der Waals surface area contributed by atoms with Crippen LogP contribution in [0.3, 0.4) is 0 Å². The molecule has 0 aliphatic rings. The molecule has 0 amide bonds. The molecule has 3 aromatic rings. The highest BCUT2D eigenvalue weighted by molar-refractivity contribution is 5.90. The van der Waals surface area contributed by atoms with E-state index in [2.05, 4.69) is 0 Å². The number of hydrogen-bond donors (Lipinski definition) is 3. The lowest BCUT2D eigenvalue weighted by molar-refractivity contribution is 0.0681. The zero-order valence-corrected chi connectivity index (χ0v) is 21.9. The summed E-state index contributed by atoms with van der Waals surface area (Å²) in [6.45, 7) is 6.68. The molecule has 0 aliphatic carbocycles. The Kier molecular flexibility index (Phi) is 8.84. The van der Waals surface area contributed by atoms with Crippen LogP contribution >= 0.6 is 0 Å². The van der Waals surface area contributed by atoms with Crippen molar-refractivity contribution in [1.82, 2.24) is 0 Å². The molecule has 0 saturated heterocycles. The second-order valence-corrected chi connectivity index (χ2v) is 10.1. The summed E-state index contributed by atoms with van der Waals surface area (Å²) < 4.78 is 44.8.